The highest BCUT2D eigenvalue weighted by Crippen LogP contribution is 2.27. The second-order valence-electron chi connectivity index (χ2n) is 5.44. The number of rotatable bonds is 4. The van der Waals surface area contributed by atoms with Crippen molar-refractivity contribution >= 4 is 12.0 Å². The summed E-state index contributed by atoms with van der Waals surface area (Å²) in [5.41, 5.74) is 0. The van der Waals surface area contributed by atoms with Crippen molar-refractivity contribution in [1.82, 2.24) is 10.2 Å². The average molecular weight is 256 g/mol. The van der Waals surface area contributed by atoms with Gasteiger partial charge in [0, 0.05) is 13.6 Å². The second kappa shape index (κ2) is 6.61. The predicted molar refractivity (Wildman–Crippen MR) is 69.4 cm³/mol. The molecular weight excluding hydrogens is 232 g/mol. The highest BCUT2D eigenvalue weighted by atomic mass is 16.4. The summed E-state index contributed by atoms with van der Waals surface area (Å²) in [7, 11) is 1.51. The van der Waals surface area contributed by atoms with E-state index in [2.05, 4.69) is 12.2 Å². The molecule has 0 radical (unpaired) electrons. The fourth-order valence-electron chi connectivity index (χ4n) is 2.23. The van der Waals surface area contributed by atoms with Gasteiger partial charge in [-0.1, -0.05) is 19.8 Å². The Morgan fingerprint density at radius 1 is 1.33 bits per heavy atom. The van der Waals surface area contributed by atoms with Crippen molar-refractivity contribution in [3.8, 4) is 0 Å². The van der Waals surface area contributed by atoms with Crippen molar-refractivity contribution in [2.75, 3.05) is 13.6 Å². The van der Waals surface area contributed by atoms with E-state index >= 15 is 0 Å². The van der Waals surface area contributed by atoms with Crippen molar-refractivity contribution in [2.45, 2.75) is 45.6 Å². The number of amides is 2. The first-order chi connectivity index (χ1) is 8.41. The molecule has 0 bridgehead atoms. The Kier molecular flexibility index (Phi) is 5.44. The van der Waals surface area contributed by atoms with Crippen LogP contribution in [0.15, 0.2) is 0 Å². The summed E-state index contributed by atoms with van der Waals surface area (Å²) in [6.07, 6.45) is 4.75. The quantitative estimate of drug-likeness (QED) is 0.807. The third-order valence-corrected chi connectivity index (χ3v) is 3.94. The lowest BCUT2D eigenvalue weighted by Crippen LogP contribution is -2.47. The number of hydrogen-bond acceptors (Lipinski definition) is 2. The van der Waals surface area contributed by atoms with Gasteiger partial charge in [-0.15, -0.1) is 0 Å². The zero-order valence-corrected chi connectivity index (χ0v) is 11.5. The summed E-state index contributed by atoms with van der Waals surface area (Å²) in [4.78, 5) is 23.7. The Labute approximate surface area is 109 Å². The summed E-state index contributed by atoms with van der Waals surface area (Å²) in [6.45, 7) is 4.42. The standard InChI is InChI=1S/C13H24N2O3/c1-9-4-6-11(7-5-9)8-14-13(18)15(3)10(2)12(16)17/h9-11H,4-8H2,1-3H3,(H,14,18)(H,16,17). The minimum absolute atomic E-state index is 0.302. The maximum Gasteiger partial charge on any atom is 0.326 e. The molecule has 18 heavy (non-hydrogen) atoms. The molecule has 1 aliphatic carbocycles. The molecule has 0 heterocycles. The molecule has 1 saturated carbocycles. The van der Waals surface area contributed by atoms with Crippen LogP contribution < -0.4 is 5.32 Å². The van der Waals surface area contributed by atoms with Crippen LogP contribution in [0.25, 0.3) is 0 Å². The van der Waals surface area contributed by atoms with Gasteiger partial charge in [0.05, 0.1) is 0 Å². The van der Waals surface area contributed by atoms with Crippen LogP contribution in [0.4, 0.5) is 4.79 Å². The molecular formula is C13H24N2O3. The zero-order valence-electron chi connectivity index (χ0n) is 11.5. The van der Waals surface area contributed by atoms with Gasteiger partial charge >= 0.3 is 12.0 Å². The van der Waals surface area contributed by atoms with Crippen molar-refractivity contribution in [2.24, 2.45) is 11.8 Å². The molecule has 0 aromatic rings. The number of urea groups is 1. The number of carbonyl (C=O) groups is 2. The Hall–Kier alpha value is -1.26. The number of carboxylic acid groups (broad SMARTS) is 1. The lowest BCUT2D eigenvalue weighted by atomic mass is 9.83. The van der Waals surface area contributed by atoms with Gasteiger partial charge < -0.3 is 15.3 Å². The molecule has 5 nitrogen and oxygen atoms in total. The van der Waals surface area contributed by atoms with Gasteiger partial charge in [0.2, 0.25) is 0 Å². The summed E-state index contributed by atoms with van der Waals surface area (Å²) in [5, 5.41) is 11.7. The van der Waals surface area contributed by atoms with E-state index < -0.39 is 12.0 Å². The minimum atomic E-state index is -0.987. The summed E-state index contributed by atoms with van der Waals surface area (Å²) >= 11 is 0. The molecule has 2 N–H and O–H groups in total. The monoisotopic (exact) mass is 256 g/mol. The lowest BCUT2D eigenvalue weighted by Gasteiger charge is -2.28. The first-order valence-corrected chi connectivity index (χ1v) is 6.65. The summed E-state index contributed by atoms with van der Waals surface area (Å²) < 4.78 is 0. The number of aliphatic carboxylic acids is 1. The molecule has 104 valence electrons. The number of hydrogen-bond donors (Lipinski definition) is 2. The third-order valence-electron chi connectivity index (χ3n) is 3.94. The Morgan fingerprint density at radius 2 is 1.89 bits per heavy atom. The Balaban J connectivity index is 2.30. The number of nitrogens with zero attached hydrogens (tertiary/aromatic N) is 1. The number of carboxylic acids is 1. The van der Waals surface area contributed by atoms with Crippen LogP contribution in [-0.2, 0) is 4.79 Å². The van der Waals surface area contributed by atoms with E-state index in [1.54, 1.807) is 0 Å². The molecule has 0 saturated heterocycles. The van der Waals surface area contributed by atoms with Crippen molar-refractivity contribution in [1.29, 1.82) is 0 Å². The van der Waals surface area contributed by atoms with Crippen LogP contribution in [0.3, 0.4) is 0 Å². The molecule has 1 unspecified atom stereocenters. The van der Waals surface area contributed by atoms with Gasteiger partial charge in [0.15, 0.2) is 0 Å². The Bertz CT molecular complexity index is 299. The van der Waals surface area contributed by atoms with Crippen LogP contribution >= 0.6 is 0 Å². The summed E-state index contributed by atoms with van der Waals surface area (Å²) in [6, 6.07) is -1.10. The average Bonchev–Trinajstić information content (AvgIpc) is 2.35. The van der Waals surface area contributed by atoms with Crippen LogP contribution in [0.5, 0.6) is 0 Å². The molecule has 1 aliphatic rings. The molecule has 0 aromatic carbocycles. The molecule has 5 heteroatoms. The van der Waals surface area contributed by atoms with Crippen molar-refractivity contribution in [3.05, 3.63) is 0 Å². The zero-order chi connectivity index (χ0) is 13.7. The van der Waals surface area contributed by atoms with E-state index in [9.17, 15) is 9.59 Å². The van der Waals surface area contributed by atoms with Gasteiger partial charge in [-0.3, -0.25) is 0 Å². The van der Waals surface area contributed by atoms with Crippen LogP contribution in [-0.4, -0.2) is 41.6 Å². The largest absolute Gasteiger partial charge is 0.480 e. The molecule has 0 aromatic heterocycles. The number of likely N-dealkylation sites (N-methyl/N-ethyl adjacent to an activating group) is 1. The Morgan fingerprint density at radius 3 is 2.39 bits per heavy atom. The van der Waals surface area contributed by atoms with Gasteiger partial charge in [-0.25, -0.2) is 9.59 Å². The number of nitrogens with one attached hydrogen (secondary N) is 1. The van der Waals surface area contributed by atoms with E-state index in [1.807, 2.05) is 0 Å². The fourth-order valence-corrected chi connectivity index (χ4v) is 2.23. The molecule has 1 rings (SSSR count). The van der Waals surface area contributed by atoms with Gasteiger partial charge in [-0.05, 0) is 31.6 Å². The normalized spacial score (nSPS) is 25.3. The SMILES string of the molecule is CC1CCC(CNC(=O)N(C)C(C)C(=O)O)CC1. The minimum Gasteiger partial charge on any atom is -0.480 e. The topological polar surface area (TPSA) is 69.6 Å². The maximum absolute atomic E-state index is 11.7. The highest BCUT2D eigenvalue weighted by molar-refractivity contribution is 5.82. The predicted octanol–water partition coefficient (Wildman–Crippen LogP) is 1.93. The smallest absolute Gasteiger partial charge is 0.326 e. The maximum atomic E-state index is 11.7. The first-order valence-electron chi connectivity index (χ1n) is 6.65. The lowest BCUT2D eigenvalue weighted by molar-refractivity contribution is -0.141. The van der Waals surface area contributed by atoms with E-state index in [-0.39, 0.29) is 6.03 Å². The van der Waals surface area contributed by atoms with E-state index in [4.69, 9.17) is 5.11 Å². The van der Waals surface area contributed by atoms with Crippen molar-refractivity contribution < 1.29 is 14.7 Å². The summed E-state index contributed by atoms with van der Waals surface area (Å²) in [5.74, 6) is 0.351. The molecule has 2 amide bonds. The third kappa shape index (κ3) is 4.20. The van der Waals surface area contributed by atoms with Gasteiger partial charge in [0.25, 0.3) is 0 Å². The van der Waals surface area contributed by atoms with Gasteiger partial charge in [-0.2, -0.15) is 0 Å². The van der Waals surface area contributed by atoms with Crippen LogP contribution in [0.2, 0.25) is 0 Å². The molecule has 0 aliphatic heterocycles. The van der Waals surface area contributed by atoms with Crippen LogP contribution in [0.1, 0.15) is 39.5 Å². The van der Waals surface area contributed by atoms with E-state index in [1.165, 1.54) is 31.7 Å². The van der Waals surface area contributed by atoms with E-state index in [0.29, 0.717) is 12.5 Å². The number of carbonyl (C=O) groups excluding carboxylic acids is 1. The molecule has 1 fully saturated rings. The second-order valence-corrected chi connectivity index (χ2v) is 5.44. The first kappa shape index (κ1) is 14.8. The molecule has 0 spiro atoms. The van der Waals surface area contributed by atoms with Crippen molar-refractivity contribution in [3.63, 3.8) is 0 Å². The van der Waals surface area contributed by atoms with Crippen LogP contribution in [0, 0.1) is 11.8 Å². The van der Waals surface area contributed by atoms with E-state index in [0.717, 1.165) is 18.8 Å². The molecule has 1 atom stereocenters. The highest BCUT2D eigenvalue weighted by Gasteiger charge is 2.23. The van der Waals surface area contributed by atoms with Gasteiger partial charge in [0.1, 0.15) is 6.04 Å². The fraction of sp³-hybridized carbons (Fsp3) is 0.846.